The molecule has 1 unspecified atom stereocenters. The van der Waals surface area contributed by atoms with Crippen LogP contribution < -0.4 is 0 Å². The number of rotatable bonds is 3. The van der Waals surface area contributed by atoms with Crippen molar-refractivity contribution in [1.82, 2.24) is 19.0 Å². The van der Waals surface area contributed by atoms with Crippen molar-refractivity contribution < 1.29 is 13.2 Å². The number of piperazine rings is 1. The fourth-order valence-corrected chi connectivity index (χ4v) is 5.65. The van der Waals surface area contributed by atoms with E-state index in [1.165, 1.54) is 17.1 Å². The molecule has 0 bridgehead atoms. The van der Waals surface area contributed by atoms with E-state index in [1.807, 2.05) is 4.90 Å². The van der Waals surface area contributed by atoms with E-state index in [1.54, 1.807) is 0 Å². The van der Waals surface area contributed by atoms with E-state index >= 15 is 0 Å². The molecule has 138 valence electrons. The van der Waals surface area contributed by atoms with Gasteiger partial charge < -0.3 is 9.80 Å². The third kappa shape index (κ3) is 3.92. The van der Waals surface area contributed by atoms with Gasteiger partial charge in [-0.15, -0.1) is 0 Å². The first-order valence-corrected chi connectivity index (χ1v) is 10.7. The van der Waals surface area contributed by atoms with Gasteiger partial charge in [0.05, 0.1) is 12.3 Å². The molecule has 3 heterocycles. The summed E-state index contributed by atoms with van der Waals surface area (Å²) in [7, 11) is -1.03. The largest absolute Gasteiger partial charge is 0.339 e. The second-order valence-electron chi connectivity index (χ2n) is 7.46. The van der Waals surface area contributed by atoms with E-state index in [4.69, 9.17) is 0 Å². The van der Waals surface area contributed by atoms with Crippen molar-refractivity contribution in [3.05, 3.63) is 0 Å². The van der Waals surface area contributed by atoms with Crippen molar-refractivity contribution in [2.24, 2.45) is 0 Å². The maximum Gasteiger partial charge on any atom is 0.237 e. The molecule has 3 aliphatic heterocycles. The van der Waals surface area contributed by atoms with Crippen molar-refractivity contribution >= 4 is 15.9 Å². The van der Waals surface area contributed by atoms with Crippen molar-refractivity contribution in [3.8, 4) is 0 Å². The van der Waals surface area contributed by atoms with Crippen molar-refractivity contribution in [2.45, 2.75) is 38.3 Å². The zero-order valence-electron chi connectivity index (χ0n) is 14.9. The fourth-order valence-electron chi connectivity index (χ4n) is 4.19. The zero-order chi connectivity index (χ0) is 17.3. The standard InChI is InChI=1S/C16H30N4O3S/c1-14-12-18(16(21)13-19-6-3-11-24(19,22)23)9-10-20(14)15-4-7-17(2)8-5-15/h14-15H,3-13H2,1-2H3. The van der Waals surface area contributed by atoms with Gasteiger partial charge in [-0.3, -0.25) is 9.69 Å². The van der Waals surface area contributed by atoms with Crippen molar-refractivity contribution in [2.75, 3.05) is 58.6 Å². The summed E-state index contributed by atoms with van der Waals surface area (Å²) in [6.07, 6.45) is 3.03. The number of nitrogens with zero attached hydrogens (tertiary/aromatic N) is 4. The average Bonchev–Trinajstić information content (AvgIpc) is 2.87. The van der Waals surface area contributed by atoms with E-state index in [0.29, 0.717) is 38.1 Å². The molecule has 0 aromatic carbocycles. The smallest absolute Gasteiger partial charge is 0.237 e. The summed E-state index contributed by atoms with van der Waals surface area (Å²) in [5.74, 6) is 0.135. The van der Waals surface area contributed by atoms with Crippen LogP contribution in [0.4, 0.5) is 0 Å². The van der Waals surface area contributed by atoms with Crippen LogP contribution >= 0.6 is 0 Å². The van der Waals surface area contributed by atoms with Gasteiger partial charge in [0, 0.05) is 38.3 Å². The number of piperidine rings is 1. The number of likely N-dealkylation sites (tertiary alicyclic amines) is 1. The van der Waals surface area contributed by atoms with Crippen LogP contribution in [-0.2, 0) is 14.8 Å². The van der Waals surface area contributed by atoms with Gasteiger partial charge in [-0.2, -0.15) is 4.31 Å². The van der Waals surface area contributed by atoms with Gasteiger partial charge in [0.25, 0.3) is 0 Å². The summed E-state index contributed by atoms with van der Waals surface area (Å²) in [5.41, 5.74) is 0. The molecule has 3 rings (SSSR count). The number of carbonyl (C=O) groups is 1. The highest BCUT2D eigenvalue weighted by Crippen LogP contribution is 2.21. The minimum Gasteiger partial charge on any atom is -0.339 e. The Kier molecular flexibility index (Phi) is 5.48. The Bertz CT molecular complexity index is 560. The summed E-state index contributed by atoms with van der Waals surface area (Å²) in [4.78, 5) is 19.3. The SMILES string of the molecule is CC1CN(C(=O)CN2CCCS2(=O)=O)CCN1C1CCN(C)CC1. The molecule has 0 aromatic rings. The highest BCUT2D eigenvalue weighted by Gasteiger charge is 2.35. The van der Waals surface area contributed by atoms with Gasteiger partial charge in [-0.1, -0.05) is 0 Å². The molecular weight excluding hydrogens is 328 g/mol. The van der Waals surface area contributed by atoms with Crippen LogP contribution in [-0.4, -0.2) is 104 Å². The third-order valence-electron chi connectivity index (χ3n) is 5.70. The van der Waals surface area contributed by atoms with Gasteiger partial charge in [0.2, 0.25) is 15.9 Å². The zero-order valence-corrected chi connectivity index (χ0v) is 15.7. The number of hydrogen-bond donors (Lipinski definition) is 0. The van der Waals surface area contributed by atoms with Gasteiger partial charge >= 0.3 is 0 Å². The summed E-state index contributed by atoms with van der Waals surface area (Å²) in [6.45, 7) is 7.29. The molecule has 0 aliphatic carbocycles. The Balaban J connectivity index is 1.52. The quantitative estimate of drug-likeness (QED) is 0.690. The minimum absolute atomic E-state index is 0.0171. The van der Waals surface area contributed by atoms with E-state index in [9.17, 15) is 13.2 Å². The van der Waals surface area contributed by atoms with Crippen LogP contribution in [0.15, 0.2) is 0 Å². The molecule has 3 fully saturated rings. The van der Waals surface area contributed by atoms with Crippen LogP contribution in [0.2, 0.25) is 0 Å². The second kappa shape index (κ2) is 7.27. The molecule has 24 heavy (non-hydrogen) atoms. The lowest BCUT2D eigenvalue weighted by atomic mass is 10.00. The van der Waals surface area contributed by atoms with Crippen LogP contribution in [0.3, 0.4) is 0 Å². The third-order valence-corrected chi connectivity index (χ3v) is 7.61. The lowest BCUT2D eigenvalue weighted by molar-refractivity contribution is -0.135. The lowest BCUT2D eigenvalue weighted by Gasteiger charge is -2.46. The maximum absolute atomic E-state index is 12.5. The molecule has 0 N–H and O–H groups in total. The highest BCUT2D eigenvalue weighted by molar-refractivity contribution is 7.89. The number of sulfonamides is 1. The molecule has 1 atom stereocenters. The van der Waals surface area contributed by atoms with Gasteiger partial charge in [0.1, 0.15) is 0 Å². The first kappa shape index (κ1) is 18.1. The van der Waals surface area contributed by atoms with E-state index in [-0.39, 0.29) is 18.2 Å². The van der Waals surface area contributed by atoms with Crippen molar-refractivity contribution in [1.29, 1.82) is 0 Å². The number of amides is 1. The molecule has 3 saturated heterocycles. The lowest BCUT2D eigenvalue weighted by Crippen LogP contribution is -2.59. The second-order valence-corrected chi connectivity index (χ2v) is 9.55. The monoisotopic (exact) mass is 358 g/mol. The number of carbonyl (C=O) groups excluding carboxylic acids is 1. The predicted molar refractivity (Wildman–Crippen MR) is 93.2 cm³/mol. The van der Waals surface area contributed by atoms with Crippen LogP contribution in [0.5, 0.6) is 0 Å². The summed E-state index contributed by atoms with van der Waals surface area (Å²) < 4.78 is 25.1. The normalized spacial score (nSPS) is 30.8. The van der Waals surface area contributed by atoms with Crippen LogP contribution in [0.1, 0.15) is 26.2 Å². The molecule has 0 aromatic heterocycles. The van der Waals surface area contributed by atoms with E-state index < -0.39 is 10.0 Å². The van der Waals surface area contributed by atoms with Crippen molar-refractivity contribution in [3.63, 3.8) is 0 Å². The Morgan fingerprint density at radius 1 is 1.08 bits per heavy atom. The molecule has 8 heteroatoms. The Hall–Kier alpha value is -0.700. The molecule has 1 amide bonds. The maximum atomic E-state index is 12.5. The Morgan fingerprint density at radius 3 is 2.38 bits per heavy atom. The first-order valence-electron chi connectivity index (χ1n) is 9.07. The van der Waals surface area contributed by atoms with E-state index in [2.05, 4.69) is 23.8 Å². The number of hydrogen-bond acceptors (Lipinski definition) is 5. The predicted octanol–water partition coefficient (Wildman–Crippen LogP) is -0.351. The van der Waals surface area contributed by atoms with Crippen LogP contribution in [0, 0.1) is 0 Å². The fraction of sp³-hybridized carbons (Fsp3) is 0.938. The average molecular weight is 359 g/mol. The Morgan fingerprint density at radius 2 is 1.79 bits per heavy atom. The Labute approximate surface area is 145 Å². The molecular formula is C16H30N4O3S. The van der Waals surface area contributed by atoms with Gasteiger partial charge in [-0.05, 0) is 46.3 Å². The molecule has 0 spiro atoms. The summed E-state index contributed by atoms with van der Waals surface area (Å²) in [6, 6.07) is 0.957. The molecule has 0 saturated carbocycles. The van der Waals surface area contributed by atoms with E-state index in [0.717, 1.165) is 19.6 Å². The highest BCUT2D eigenvalue weighted by atomic mass is 32.2. The summed E-state index contributed by atoms with van der Waals surface area (Å²) >= 11 is 0. The summed E-state index contributed by atoms with van der Waals surface area (Å²) in [5, 5.41) is 0. The molecule has 3 aliphatic rings. The molecule has 7 nitrogen and oxygen atoms in total. The first-order chi connectivity index (χ1) is 11.4. The topological polar surface area (TPSA) is 64.2 Å². The minimum atomic E-state index is -3.20. The van der Waals surface area contributed by atoms with Gasteiger partial charge in [0.15, 0.2) is 0 Å². The van der Waals surface area contributed by atoms with Crippen LogP contribution in [0.25, 0.3) is 0 Å². The molecule has 0 radical (unpaired) electrons. The van der Waals surface area contributed by atoms with Gasteiger partial charge in [-0.25, -0.2) is 8.42 Å².